The van der Waals surface area contributed by atoms with Gasteiger partial charge in [0, 0.05) is 75.9 Å². The van der Waals surface area contributed by atoms with Gasteiger partial charge in [-0.3, -0.25) is 24.3 Å². The summed E-state index contributed by atoms with van der Waals surface area (Å²) in [5, 5.41) is 0. The van der Waals surface area contributed by atoms with E-state index in [0.717, 1.165) is 55.7 Å². The van der Waals surface area contributed by atoms with E-state index in [4.69, 9.17) is 4.74 Å². The number of carbonyl (C=O) groups excluding carboxylic acids is 3. The van der Waals surface area contributed by atoms with Crippen molar-refractivity contribution in [3.8, 4) is 0 Å². The maximum atomic E-state index is 14.1. The van der Waals surface area contributed by atoms with Gasteiger partial charge in [-0.1, -0.05) is 54.6 Å². The minimum absolute atomic E-state index is 0.0468. The van der Waals surface area contributed by atoms with E-state index in [-0.39, 0.29) is 30.6 Å². The number of halogens is 6. The molecule has 3 aromatic carbocycles. The van der Waals surface area contributed by atoms with Crippen molar-refractivity contribution in [3.63, 3.8) is 0 Å². The molecule has 3 aromatic rings. The van der Waals surface area contributed by atoms with Crippen molar-refractivity contribution in [1.29, 1.82) is 0 Å². The van der Waals surface area contributed by atoms with Gasteiger partial charge in [0.25, 0.3) is 5.91 Å². The summed E-state index contributed by atoms with van der Waals surface area (Å²) in [5.74, 6) is -0.908. The third-order valence-corrected chi connectivity index (χ3v) is 12.4. The molecule has 15 heteroatoms. The SMILES string of the molecule is CC(C)(C)OC(=O)N1Cc2ccccc2CC1C(=O)N1CCC(N2CCN(C3CCN(C(=O)c4cc(C(F)(F)F)cc(C(F)(F)F)c4)C(Cc4ccccc4)C3)CC2)CC1. The van der Waals surface area contributed by atoms with Crippen LogP contribution in [0.25, 0.3) is 0 Å². The van der Waals surface area contributed by atoms with Crippen LogP contribution >= 0.6 is 0 Å². The first kappa shape index (κ1) is 43.5. The average Bonchev–Trinajstić information content (AvgIpc) is 3.22. The summed E-state index contributed by atoms with van der Waals surface area (Å²) in [6.45, 7) is 10.2. The lowest BCUT2D eigenvalue weighted by atomic mass is 9.89. The van der Waals surface area contributed by atoms with E-state index in [0.29, 0.717) is 57.5 Å². The number of likely N-dealkylation sites (tertiary alicyclic amines) is 2. The Kier molecular flexibility index (Phi) is 12.6. The molecular weight excluding hydrogens is 789 g/mol. The standard InChI is InChI=1S/C45H53F6N5O4/c1-43(2,3)60-42(59)56-29-32-12-8-7-11-31(32)26-39(56)41(58)54-16-13-36(14-17-54)52-19-21-53(22-20-52)37-15-18-55(38(28-37)23-30-9-5-4-6-10-30)40(57)33-24-34(44(46,47)48)27-35(25-33)45(49,50)51/h4-12,24-25,27,36-39H,13-23,26,28-29H2,1-3H3. The fourth-order valence-corrected chi connectivity index (χ4v) is 9.34. The molecule has 60 heavy (non-hydrogen) atoms. The van der Waals surface area contributed by atoms with E-state index in [2.05, 4.69) is 9.80 Å². The number of ether oxygens (including phenoxy) is 1. The van der Waals surface area contributed by atoms with Gasteiger partial charge < -0.3 is 14.5 Å². The fraction of sp³-hybridized carbons (Fsp3) is 0.533. The largest absolute Gasteiger partial charge is 0.444 e. The topological polar surface area (TPSA) is 76.6 Å². The van der Waals surface area contributed by atoms with E-state index in [9.17, 15) is 40.7 Å². The summed E-state index contributed by atoms with van der Waals surface area (Å²) < 4.78 is 88.0. The van der Waals surface area contributed by atoms with Crippen LogP contribution in [-0.4, -0.2) is 118 Å². The highest BCUT2D eigenvalue weighted by Crippen LogP contribution is 2.38. The Balaban J connectivity index is 0.972. The molecule has 0 radical (unpaired) electrons. The van der Waals surface area contributed by atoms with E-state index in [1.807, 2.05) is 80.3 Å². The van der Waals surface area contributed by atoms with Crippen molar-refractivity contribution < 1.29 is 45.5 Å². The predicted octanol–water partition coefficient (Wildman–Crippen LogP) is 7.91. The normalized spacial score (nSPS) is 22.7. The smallest absolute Gasteiger partial charge is 0.416 e. The zero-order valence-corrected chi connectivity index (χ0v) is 34.3. The van der Waals surface area contributed by atoms with E-state index in [1.165, 1.54) is 4.90 Å². The fourth-order valence-electron chi connectivity index (χ4n) is 9.34. The number of nitrogens with zero attached hydrogens (tertiary/aromatic N) is 5. The summed E-state index contributed by atoms with van der Waals surface area (Å²) >= 11 is 0. The first-order valence-corrected chi connectivity index (χ1v) is 20.8. The van der Waals surface area contributed by atoms with Gasteiger partial charge in [-0.25, -0.2) is 4.79 Å². The molecule has 0 spiro atoms. The second-order valence-electron chi connectivity index (χ2n) is 17.5. The number of piperidine rings is 2. The summed E-state index contributed by atoms with van der Waals surface area (Å²) in [7, 11) is 0. The van der Waals surface area contributed by atoms with Gasteiger partial charge in [-0.15, -0.1) is 0 Å². The highest BCUT2D eigenvalue weighted by Gasteiger charge is 2.43. The first-order chi connectivity index (χ1) is 28.3. The number of carbonyl (C=O) groups is 3. The van der Waals surface area contributed by atoms with Crippen LogP contribution in [0.5, 0.6) is 0 Å². The molecule has 4 aliphatic heterocycles. The average molecular weight is 842 g/mol. The predicted molar refractivity (Wildman–Crippen MR) is 213 cm³/mol. The van der Waals surface area contributed by atoms with Crippen molar-refractivity contribution >= 4 is 17.9 Å². The van der Waals surface area contributed by atoms with Gasteiger partial charge in [-0.2, -0.15) is 26.3 Å². The Hall–Kier alpha value is -4.63. The number of alkyl halides is 6. The molecule has 3 amide bonds. The van der Waals surface area contributed by atoms with Crippen LogP contribution in [0.4, 0.5) is 31.1 Å². The van der Waals surface area contributed by atoms with Gasteiger partial charge in [0.05, 0.1) is 17.7 Å². The Morgan fingerprint density at radius 2 is 1.22 bits per heavy atom. The van der Waals surface area contributed by atoms with Crippen molar-refractivity contribution in [2.75, 3.05) is 45.8 Å². The third kappa shape index (κ3) is 10.1. The zero-order valence-electron chi connectivity index (χ0n) is 34.3. The molecule has 0 saturated carbocycles. The van der Waals surface area contributed by atoms with Crippen LogP contribution in [0.3, 0.4) is 0 Å². The third-order valence-electron chi connectivity index (χ3n) is 12.4. The maximum absolute atomic E-state index is 14.1. The molecule has 324 valence electrons. The van der Waals surface area contributed by atoms with Gasteiger partial charge >= 0.3 is 18.4 Å². The van der Waals surface area contributed by atoms with Crippen LogP contribution in [0.2, 0.25) is 0 Å². The summed E-state index contributed by atoms with van der Waals surface area (Å²) in [6, 6.07) is 17.6. The molecule has 3 saturated heterocycles. The monoisotopic (exact) mass is 841 g/mol. The summed E-state index contributed by atoms with van der Waals surface area (Å²) in [4.78, 5) is 51.1. The van der Waals surface area contributed by atoms with Gasteiger partial charge in [0.15, 0.2) is 0 Å². The number of amides is 3. The van der Waals surface area contributed by atoms with Crippen LogP contribution in [0, 0.1) is 0 Å². The maximum Gasteiger partial charge on any atom is 0.416 e. The molecule has 0 N–H and O–H groups in total. The molecule has 9 nitrogen and oxygen atoms in total. The van der Waals surface area contributed by atoms with Crippen LogP contribution in [0.1, 0.15) is 84.6 Å². The van der Waals surface area contributed by atoms with Crippen LogP contribution < -0.4 is 0 Å². The molecule has 7 rings (SSSR count). The highest BCUT2D eigenvalue weighted by atomic mass is 19.4. The minimum atomic E-state index is -5.06. The summed E-state index contributed by atoms with van der Waals surface area (Å²) in [6.07, 6.45) is -7.12. The number of hydrogen-bond acceptors (Lipinski definition) is 6. The Labute approximate surface area is 347 Å². The van der Waals surface area contributed by atoms with Crippen molar-refractivity contribution in [2.24, 2.45) is 0 Å². The zero-order chi connectivity index (χ0) is 43.0. The van der Waals surface area contributed by atoms with E-state index >= 15 is 0 Å². The van der Waals surface area contributed by atoms with E-state index < -0.39 is 58.7 Å². The summed E-state index contributed by atoms with van der Waals surface area (Å²) in [5.41, 5.74) is -1.36. The lowest BCUT2D eigenvalue weighted by molar-refractivity contribution is -0.143. The molecule has 3 atom stereocenters. The quantitative estimate of drug-likeness (QED) is 0.235. The Bertz CT molecular complexity index is 1970. The molecule has 4 heterocycles. The Morgan fingerprint density at radius 1 is 0.667 bits per heavy atom. The molecular formula is C45H53F6N5O4. The molecule has 0 aliphatic carbocycles. The van der Waals surface area contributed by atoms with Crippen molar-refractivity contribution in [2.45, 2.75) is 108 Å². The van der Waals surface area contributed by atoms with E-state index in [1.54, 1.807) is 4.90 Å². The number of fused-ring (bicyclic) bond motifs is 1. The molecule has 4 aliphatic rings. The number of piperazine rings is 1. The van der Waals surface area contributed by atoms with Gasteiger partial charge in [0.2, 0.25) is 5.91 Å². The molecule has 0 aromatic heterocycles. The van der Waals surface area contributed by atoms with Crippen LogP contribution in [-0.2, 0) is 41.3 Å². The van der Waals surface area contributed by atoms with Crippen LogP contribution in [0.15, 0.2) is 72.8 Å². The number of rotatable bonds is 6. The number of hydrogen-bond donors (Lipinski definition) is 0. The number of benzene rings is 3. The minimum Gasteiger partial charge on any atom is -0.444 e. The second kappa shape index (κ2) is 17.4. The second-order valence-corrected chi connectivity index (χ2v) is 17.5. The lowest BCUT2D eigenvalue weighted by Crippen LogP contribution is -2.59. The molecule has 3 unspecified atom stereocenters. The molecule has 0 bridgehead atoms. The lowest BCUT2D eigenvalue weighted by Gasteiger charge is -2.48. The first-order valence-electron chi connectivity index (χ1n) is 20.8. The van der Waals surface area contributed by atoms with Gasteiger partial charge in [-0.05, 0) is 87.8 Å². The van der Waals surface area contributed by atoms with Crippen molar-refractivity contribution in [3.05, 3.63) is 106 Å². The van der Waals surface area contributed by atoms with Gasteiger partial charge in [0.1, 0.15) is 11.6 Å². The highest BCUT2D eigenvalue weighted by molar-refractivity contribution is 5.95. The molecule has 3 fully saturated rings. The Morgan fingerprint density at radius 3 is 1.80 bits per heavy atom. The van der Waals surface area contributed by atoms with Crippen molar-refractivity contribution in [1.82, 2.24) is 24.5 Å².